The Labute approximate surface area is 181 Å². The molecule has 1 aromatic heterocycles. The molecule has 152 valence electrons. The Hall–Kier alpha value is -2.54. The Kier molecular flexibility index (Phi) is 4.93. The fourth-order valence-corrected chi connectivity index (χ4v) is 6.34. The second kappa shape index (κ2) is 7.61. The van der Waals surface area contributed by atoms with Crippen molar-refractivity contribution in [2.24, 2.45) is 0 Å². The Morgan fingerprint density at radius 1 is 0.933 bits per heavy atom. The third-order valence-electron chi connectivity index (χ3n) is 5.77. The number of aromatic amines is 1. The monoisotopic (exact) mass is 434 g/mol. The van der Waals surface area contributed by atoms with Crippen molar-refractivity contribution in [3.05, 3.63) is 95.7 Å². The van der Waals surface area contributed by atoms with Crippen LogP contribution in [0.2, 0.25) is 0 Å². The molecule has 30 heavy (non-hydrogen) atoms. The van der Waals surface area contributed by atoms with Crippen molar-refractivity contribution >= 4 is 32.7 Å². The highest BCUT2D eigenvalue weighted by atomic mass is 32.2. The number of hydrogen-bond acceptors (Lipinski definition) is 3. The zero-order valence-corrected chi connectivity index (χ0v) is 18.2. The standard InChI is InChI=1S/C24H22N2O2S2/c1-29-18-13-11-17(12-14-18)24-23-21(20-9-5-6-10-22(20)25-23)15-16-26(24)30(27,28)19-7-3-2-4-8-19/h2-14,24-25H,15-16H2,1H3. The number of aromatic nitrogens is 1. The predicted molar refractivity (Wildman–Crippen MR) is 122 cm³/mol. The van der Waals surface area contributed by atoms with Crippen LogP contribution in [-0.2, 0) is 16.4 Å². The Balaban J connectivity index is 1.70. The molecule has 0 saturated carbocycles. The summed E-state index contributed by atoms with van der Waals surface area (Å²) in [6, 6.07) is 24.7. The van der Waals surface area contributed by atoms with E-state index in [0.717, 1.165) is 21.7 Å². The van der Waals surface area contributed by atoms with Crippen LogP contribution in [0.1, 0.15) is 22.9 Å². The molecule has 1 N–H and O–H groups in total. The molecule has 0 spiro atoms. The third-order valence-corrected chi connectivity index (χ3v) is 8.39. The molecule has 2 heterocycles. The third kappa shape index (κ3) is 3.16. The molecule has 4 aromatic rings. The van der Waals surface area contributed by atoms with E-state index in [2.05, 4.69) is 29.2 Å². The van der Waals surface area contributed by atoms with Crippen LogP contribution in [0, 0.1) is 0 Å². The van der Waals surface area contributed by atoms with Gasteiger partial charge < -0.3 is 4.98 Å². The highest BCUT2D eigenvalue weighted by molar-refractivity contribution is 7.98. The molecule has 0 radical (unpaired) electrons. The van der Waals surface area contributed by atoms with Gasteiger partial charge in [-0.1, -0.05) is 48.5 Å². The quantitative estimate of drug-likeness (QED) is 0.448. The van der Waals surface area contributed by atoms with E-state index in [1.165, 1.54) is 10.9 Å². The average molecular weight is 435 g/mol. The number of nitrogens with zero attached hydrogens (tertiary/aromatic N) is 1. The van der Waals surface area contributed by atoms with E-state index in [1.54, 1.807) is 40.3 Å². The molecular weight excluding hydrogens is 412 g/mol. The largest absolute Gasteiger partial charge is 0.357 e. The van der Waals surface area contributed by atoms with Crippen molar-refractivity contribution < 1.29 is 8.42 Å². The minimum Gasteiger partial charge on any atom is -0.357 e. The van der Waals surface area contributed by atoms with E-state index >= 15 is 0 Å². The summed E-state index contributed by atoms with van der Waals surface area (Å²) < 4.78 is 28.9. The fourth-order valence-electron chi connectivity index (χ4n) is 4.32. The van der Waals surface area contributed by atoms with E-state index in [1.807, 2.05) is 36.6 Å². The lowest BCUT2D eigenvalue weighted by Crippen LogP contribution is -2.40. The molecule has 1 atom stereocenters. The number of rotatable bonds is 4. The molecule has 5 rings (SSSR count). The average Bonchev–Trinajstić information content (AvgIpc) is 3.18. The molecule has 1 aliphatic heterocycles. The van der Waals surface area contributed by atoms with Gasteiger partial charge >= 0.3 is 0 Å². The van der Waals surface area contributed by atoms with Crippen molar-refractivity contribution in [1.29, 1.82) is 0 Å². The summed E-state index contributed by atoms with van der Waals surface area (Å²) >= 11 is 1.68. The summed E-state index contributed by atoms with van der Waals surface area (Å²) in [5.41, 5.74) is 4.20. The molecule has 6 heteroatoms. The van der Waals surface area contributed by atoms with E-state index in [-0.39, 0.29) is 6.04 Å². The molecule has 1 unspecified atom stereocenters. The van der Waals surface area contributed by atoms with Crippen molar-refractivity contribution in [3.63, 3.8) is 0 Å². The van der Waals surface area contributed by atoms with Gasteiger partial charge in [0.15, 0.2) is 0 Å². The van der Waals surface area contributed by atoms with Crippen molar-refractivity contribution in [1.82, 2.24) is 9.29 Å². The second-order valence-corrected chi connectivity index (χ2v) is 10.2. The van der Waals surface area contributed by atoms with Crippen LogP contribution in [0.15, 0.2) is 88.7 Å². The number of para-hydroxylation sites is 1. The maximum atomic E-state index is 13.6. The van der Waals surface area contributed by atoms with E-state index < -0.39 is 10.0 Å². The first-order chi connectivity index (χ1) is 14.6. The highest BCUT2D eigenvalue weighted by Gasteiger charge is 2.39. The molecule has 4 nitrogen and oxygen atoms in total. The zero-order valence-electron chi connectivity index (χ0n) is 16.6. The van der Waals surface area contributed by atoms with Gasteiger partial charge in [-0.05, 0) is 54.1 Å². The summed E-state index contributed by atoms with van der Waals surface area (Å²) in [6.45, 7) is 0.445. The minimum atomic E-state index is -3.65. The van der Waals surface area contributed by atoms with Gasteiger partial charge in [0.25, 0.3) is 0 Å². The number of nitrogens with one attached hydrogen (secondary N) is 1. The predicted octanol–water partition coefficient (Wildman–Crippen LogP) is 5.23. The second-order valence-electron chi connectivity index (χ2n) is 7.42. The first kappa shape index (κ1) is 19.4. The number of fused-ring (bicyclic) bond motifs is 3. The maximum absolute atomic E-state index is 13.6. The fraction of sp³-hybridized carbons (Fsp3) is 0.167. The van der Waals surface area contributed by atoms with Gasteiger partial charge in [-0.25, -0.2) is 8.42 Å². The summed E-state index contributed by atoms with van der Waals surface area (Å²) in [7, 11) is -3.65. The van der Waals surface area contributed by atoms with Gasteiger partial charge in [0.2, 0.25) is 10.0 Å². The van der Waals surface area contributed by atoms with Crippen LogP contribution >= 0.6 is 11.8 Å². The van der Waals surface area contributed by atoms with Crippen LogP contribution < -0.4 is 0 Å². The number of benzene rings is 3. The lowest BCUT2D eigenvalue weighted by atomic mass is 9.94. The smallest absolute Gasteiger partial charge is 0.244 e. The molecule has 0 fully saturated rings. The van der Waals surface area contributed by atoms with E-state index in [4.69, 9.17) is 0 Å². The Bertz CT molecular complexity index is 1300. The molecule has 0 saturated heterocycles. The maximum Gasteiger partial charge on any atom is 0.244 e. The van der Waals surface area contributed by atoms with Crippen LogP contribution in [0.4, 0.5) is 0 Å². The van der Waals surface area contributed by atoms with Gasteiger partial charge in [0, 0.05) is 28.0 Å². The highest BCUT2D eigenvalue weighted by Crippen LogP contribution is 2.41. The molecule has 3 aromatic carbocycles. The zero-order chi connectivity index (χ0) is 20.7. The van der Waals surface area contributed by atoms with E-state index in [9.17, 15) is 8.42 Å². The topological polar surface area (TPSA) is 53.2 Å². The van der Waals surface area contributed by atoms with Crippen molar-refractivity contribution in [2.45, 2.75) is 22.3 Å². The van der Waals surface area contributed by atoms with Crippen LogP contribution in [0.3, 0.4) is 0 Å². The summed E-state index contributed by atoms with van der Waals surface area (Å²) in [4.78, 5) is 5.02. The molecule has 0 amide bonds. The molecule has 1 aliphatic rings. The summed E-state index contributed by atoms with van der Waals surface area (Å²) in [6.07, 6.45) is 2.72. The lowest BCUT2D eigenvalue weighted by molar-refractivity contribution is 0.340. The summed E-state index contributed by atoms with van der Waals surface area (Å²) in [5.74, 6) is 0. The van der Waals surface area contributed by atoms with Crippen molar-refractivity contribution in [2.75, 3.05) is 12.8 Å². The van der Waals surface area contributed by atoms with Gasteiger partial charge in [-0.15, -0.1) is 11.8 Å². The van der Waals surface area contributed by atoms with Gasteiger partial charge in [0.1, 0.15) is 0 Å². The first-order valence-electron chi connectivity index (χ1n) is 9.90. The number of sulfonamides is 1. The number of H-pyrrole nitrogens is 1. The van der Waals surface area contributed by atoms with Crippen molar-refractivity contribution in [3.8, 4) is 0 Å². The first-order valence-corrected chi connectivity index (χ1v) is 12.6. The molecule has 0 aliphatic carbocycles. The van der Waals surface area contributed by atoms with Crippen LogP contribution in [0.25, 0.3) is 10.9 Å². The van der Waals surface area contributed by atoms with Crippen LogP contribution in [-0.4, -0.2) is 30.5 Å². The van der Waals surface area contributed by atoms with Gasteiger partial charge in [-0.2, -0.15) is 4.31 Å². The molecule has 0 bridgehead atoms. The van der Waals surface area contributed by atoms with E-state index in [0.29, 0.717) is 17.9 Å². The number of hydrogen-bond donors (Lipinski definition) is 1. The Morgan fingerprint density at radius 2 is 1.63 bits per heavy atom. The molecular formula is C24H22N2O2S2. The SMILES string of the molecule is CSc1ccc(C2c3[nH]c4ccccc4c3CCN2S(=O)(=O)c2ccccc2)cc1. The number of thioether (sulfide) groups is 1. The lowest BCUT2D eigenvalue weighted by Gasteiger charge is -2.35. The van der Waals surface area contributed by atoms with Crippen LogP contribution in [0.5, 0.6) is 0 Å². The minimum absolute atomic E-state index is 0.329. The normalized spacial score (nSPS) is 17.2. The summed E-state index contributed by atoms with van der Waals surface area (Å²) in [5, 5.41) is 1.18. The van der Waals surface area contributed by atoms with Gasteiger partial charge in [-0.3, -0.25) is 0 Å². The Morgan fingerprint density at radius 3 is 2.37 bits per heavy atom. The van der Waals surface area contributed by atoms with Gasteiger partial charge in [0.05, 0.1) is 10.9 Å².